The highest BCUT2D eigenvalue weighted by Crippen LogP contribution is 2.28. The average molecular weight is 382 g/mol. The van der Waals surface area contributed by atoms with Crippen LogP contribution in [0.4, 0.5) is 22.1 Å². The largest absolute Gasteiger partial charge is 0.450 e. The average Bonchev–Trinajstić information content (AvgIpc) is 3.19. The van der Waals surface area contributed by atoms with Crippen LogP contribution in [0.25, 0.3) is 0 Å². The lowest BCUT2D eigenvalue weighted by molar-refractivity contribution is 0.168. The Hall–Kier alpha value is -3.06. The van der Waals surface area contributed by atoms with Crippen molar-refractivity contribution in [3.8, 4) is 0 Å². The van der Waals surface area contributed by atoms with Crippen molar-refractivity contribution in [3.05, 3.63) is 70.4 Å². The van der Waals surface area contributed by atoms with E-state index >= 15 is 0 Å². The number of carbonyl (C=O) groups excluding carboxylic acids is 1. The van der Waals surface area contributed by atoms with E-state index in [4.69, 9.17) is 10.5 Å². The van der Waals surface area contributed by atoms with Gasteiger partial charge < -0.3 is 15.8 Å². The molecule has 0 aliphatic heterocycles. The maximum Gasteiger partial charge on any atom is 0.411 e. The number of nitrogens with one attached hydrogen (secondary N) is 2. The van der Waals surface area contributed by atoms with Crippen molar-refractivity contribution in [1.29, 1.82) is 0 Å². The van der Waals surface area contributed by atoms with Crippen LogP contribution >= 0.6 is 11.3 Å². The lowest BCUT2D eigenvalue weighted by atomic mass is 10.0. The van der Waals surface area contributed by atoms with Gasteiger partial charge >= 0.3 is 6.09 Å². The first-order valence-electron chi connectivity index (χ1n) is 8.70. The minimum absolute atomic E-state index is 0.0724. The molecule has 27 heavy (non-hydrogen) atoms. The summed E-state index contributed by atoms with van der Waals surface area (Å²) in [7, 11) is 0. The summed E-state index contributed by atoms with van der Waals surface area (Å²) in [5.41, 5.74) is 7.65. The number of hydrogen-bond donors (Lipinski definition) is 3. The molecule has 3 rings (SSSR count). The van der Waals surface area contributed by atoms with Gasteiger partial charge in [0.2, 0.25) is 0 Å². The highest BCUT2D eigenvalue weighted by molar-refractivity contribution is 7.10. The molecule has 4 N–H and O–H groups in total. The zero-order chi connectivity index (χ0) is 19.1. The summed E-state index contributed by atoms with van der Waals surface area (Å²) in [5.74, 6) is 0.883. The van der Waals surface area contributed by atoms with Crippen molar-refractivity contribution in [3.63, 3.8) is 0 Å². The molecular weight excluding hydrogens is 360 g/mol. The van der Waals surface area contributed by atoms with E-state index < -0.39 is 6.09 Å². The summed E-state index contributed by atoms with van der Waals surface area (Å²) in [6.45, 7) is 2.03. The summed E-state index contributed by atoms with van der Waals surface area (Å²) >= 11 is 1.70. The third kappa shape index (κ3) is 5.21. The molecule has 1 amide bonds. The first-order chi connectivity index (χ1) is 13.2. The second-order valence-electron chi connectivity index (χ2n) is 5.88. The van der Waals surface area contributed by atoms with Crippen LogP contribution in [0.5, 0.6) is 0 Å². The molecular formula is C20H22N4O2S. The lowest BCUT2D eigenvalue weighted by Crippen LogP contribution is -2.16. The number of pyridine rings is 1. The second-order valence-corrected chi connectivity index (χ2v) is 6.86. The van der Waals surface area contributed by atoms with Gasteiger partial charge in [-0.1, -0.05) is 36.4 Å². The molecule has 1 atom stereocenters. The molecule has 0 aliphatic rings. The number of hydrogen-bond acceptors (Lipinski definition) is 6. The standard InChI is InChI=1S/C20H22N4O2S/c1-2-26-20(25)23-15-10-11-18(24-19(15)21)22-16(17-9-6-12-27-17)13-14-7-4-3-5-8-14/h3-12,16H,2,13H2,1H3,(H,23,25)(H3,21,22,24). The van der Waals surface area contributed by atoms with Crippen LogP contribution in [-0.4, -0.2) is 17.7 Å². The van der Waals surface area contributed by atoms with Crippen LogP contribution in [0.15, 0.2) is 60.0 Å². The van der Waals surface area contributed by atoms with E-state index in [1.165, 1.54) is 10.4 Å². The van der Waals surface area contributed by atoms with Crippen molar-refractivity contribution < 1.29 is 9.53 Å². The van der Waals surface area contributed by atoms with Gasteiger partial charge in [-0.05, 0) is 42.5 Å². The van der Waals surface area contributed by atoms with Crippen LogP contribution in [0, 0.1) is 0 Å². The Labute approximate surface area is 162 Å². The molecule has 2 aromatic heterocycles. The van der Waals surface area contributed by atoms with Crippen LogP contribution in [0.3, 0.4) is 0 Å². The molecule has 1 aromatic carbocycles. The maximum atomic E-state index is 11.6. The van der Waals surface area contributed by atoms with Crippen molar-refractivity contribution in [2.24, 2.45) is 0 Å². The first-order valence-corrected chi connectivity index (χ1v) is 9.58. The molecule has 2 heterocycles. The molecule has 7 heteroatoms. The molecule has 0 radical (unpaired) electrons. The predicted octanol–water partition coefficient (Wildman–Crippen LogP) is 4.69. The third-order valence-electron chi connectivity index (χ3n) is 3.93. The number of benzene rings is 1. The van der Waals surface area contributed by atoms with E-state index in [9.17, 15) is 4.79 Å². The first kappa shape index (κ1) is 18.7. The molecule has 0 bridgehead atoms. The van der Waals surface area contributed by atoms with E-state index in [2.05, 4.69) is 39.2 Å². The molecule has 0 saturated carbocycles. The van der Waals surface area contributed by atoms with Gasteiger partial charge in [0.15, 0.2) is 0 Å². The predicted molar refractivity (Wildman–Crippen MR) is 110 cm³/mol. The number of thiophene rings is 1. The molecule has 3 aromatic rings. The summed E-state index contributed by atoms with van der Waals surface area (Å²) in [6.07, 6.45) is 0.276. The zero-order valence-electron chi connectivity index (χ0n) is 15.0. The van der Waals surface area contributed by atoms with Gasteiger partial charge in [-0.15, -0.1) is 11.3 Å². The number of rotatable bonds is 7. The normalized spacial score (nSPS) is 11.6. The Morgan fingerprint density at radius 3 is 2.67 bits per heavy atom. The fourth-order valence-corrected chi connectivity index (χ4v) is 3.46. The fourth-order valence-electron chi connectivity index (χ4n) is 2.68. The summed E-state index contributed by atoms with van der Waals surface area (Å²) in [6, 6.07) is 18.0. The van der Waals surface area contributed by atoms with Crippen LogP contribution in [0.1, 0.15) is 23.4 Å². The number of amides is 1. The van der Waals surface area contributed by atoms with E-state index in [-0.39, 0.29) is 11.9 Å². The summed E-state index contributed by atoms with van der Waals surface area (Å²) in [5, 5.41) is 8.10. The lowest BCUT2D eigenvalue weighted by Gasteiger charge is -2.19. The molecule has 1 unspecified atom stereocenters. The number of nitrogens with zero attached hydrogens (tertiary/aromatic N) is 1. The molecule has 0 aliphatic carbocycles. The Morgan fingerprint density at radius 2 is 2.00 bits per heavy atom. The Kier molecular flexibility index (Phi) is 6.27. The van der Waals surface area contributed by atoms with Crippen LogP contribution in [-0.2, 0) is 11.2 Å². The number of aromatic nitrogens is 1. The summed E-state index contributed by atoms with van der Waals surface area (Å²) in [4.78, 5) is 17.1. The van der Waals surface area contributed by atoms with Crippen molar-refractivity contribution in [2.75, 3.05) is 23.0 Å². The Morgan fingerprint density at radius 1 is 1.19 bits per heavy atom. The van der Waals surface area contributed by atoms with E-state index in [1.54, 1.807) is 30.4 Å². The third-order valence-corrected chi connectivity index (χ3v) is 4.91. The van der Waals surface area contributed by atoms with Crippen LogP contribution < -0.4 is 16.4 Å². The number of anilines is 3. The number of nitrogen functional groups attached to an aromatic ring is 1. The molecule has 0 saturated heterocycles. The van der Waals surface area contributed by atoms with Gasteiger partial charge in [0.05, 0.1) is 18.3 Å². The van der Waals surface area contributed by atoms with E-state index in [1.807, 2.05) is 24.3 Å². The minimum atomic E-state index is -0.549. The molecule has 0 fully saturated rings. The maximum absolute atomic E-state index is 11.6. The quantitative estimate of drug-likeness (QED) is 0.552. The molecule has 140 valence electrons. The Balaban J connectivity index is 1.75. The van der Waals surface area contributed by atoms with Gasteiger partial charge in [0.1, 0.15) is 11.6 Å². The number of ether oxygens (including phenoxy) is 1. The van der Waals surface area contributed by atoms with Crippen molar-refractivity contribution in [2.45, 2.75) is 19.4 Å². The minimum Gasteiger partial charge on any atom is -0.450 e. The monoisotopic (exact) mass is 382 g/mol. The van der Waals surface area contributed by atoms with Gasteiger partial charge in [-0.2, -0.15) is 0 Å². The number of nitrogens with two attached hydrogens (primary N) is 1. The highest BCUT2D eigenvalue weighted by atomic mass is 32.1. The smallest absolute Gasteiger partial charge is 0.411 e. The van der Waals surface area contributed by atoms with Gasteiger partial charge in [0.25, 0.3) is 0 Å². The van der Waals surface area contributed by atoms with Crippen LogP contribution in [0.2, 0.25) is 0 Å². The number of carbonyl (C=O) groups is 1. The topological polar surface area (TPSA) is 89.3 Å². The second kappa shape index (κ2) is 9.05. The fraction of sp³-hybridized carbons (Fsp3) is 0.200. The molecule has 6 nitrogen and oxygen atoms in total. The summed E-state index contributed by atoms with van der Waals surface area (Å²) < 4.78 is 4.86. The van der Waals surface area contributed by atoms with Crippen molar-refractivity contribution in [1.82, 2.24) is 4.98 Å². The van der Waals surface area contributed by atoms with E-state index in [0.29, 0.717) is 18.1 Å². The van der Waals surface area contributed by atoms with Gasteiger partial charge in [0, 0.05) is 4.88 Å². The van der Waals surface area contributed by atoms with Gasteiger partial charge in [-0.25, -0.2) is 9.78 Å². The van der Waals surface area contributed by atoms with E-state index in [0.717, 1.165) is 6.42 Å². The SMILES string of the molecule is CCOC(=O)Nc1ccc(NC(Cc2ccccc2)c2cccs2)nc1N. The highest BCUT2D eigenvalue weighted by Gasteiger charge is 2.15. The van der Waals surface area contributed by atoms with Gasteiger partial charge in [-0.3, -0.25) is 5.32 Å². The molecule has 0 spiro atoms. The zero-order valence-corrected chi connectivity index (χ0v) is 15.8. The van der Waals surface area contributed by atoms with Crippen molar-refractivity contribution >= 4 is 34.8 Å². The Bertz CT molecular complexity index is 869.